The Kier molecular flexibility index (Phi) is 8.26. The van der Waals surface area contributed by atoms with Crippen LogP contribution < -0.4 is 0 Å². The Bertz CT molecular complexity index is 1990. The topological polar surface area (TPSA) is 86.5 Å². The minimum absolute atomic E-state index is 0.262. The number of halogens is 4. The van der Waals surface area contributed by atoms with Crippen molar-refractivity contribution in [1.29, 1.82) is 0 Å². The molecule has 0 saturated carbocycles. The SMILES string of the molecule is Fc1cccc([C@@]2(Cn3ncnc3SSc3ncnn3C[C@]3(c4cccc(F)c4)O[C@@H]3c3ccccc3Cl)O[C@@H]2c2ccccc2Cl)c1. The van der Waals surface area contributed by atoms with Crippen LogP contribution in [-0.4, -0.2) is 29.5 Å². The molecule has 4 aromatic carbocycles. The van der Waals surface area contributed by atoms with Crippen LogP contribution in [0.2, 0.25) is 10.0 Å². The quantitative estimate of drug-likeness (QED) is 0.0972. The summed E-state index contributed by atoms with van der Waals surface area (Å²) in [5, 5.41) is 11.3. The second-order valence-electron chi connectivity index (χ2n) is 11.4. The van der Waals surface area contributed by atoms with E-state index in [1.807, 2.05) is 48.5 Å². The zero-order valence-electron chi connectivity index (χ0n) is 24.8. The van der Waals surface area contributed by atoms with Gasteiger partial charge in [0.1, 0.15) is 47.7 Å². The van der Waals surface area contributed by atoms with E-state index in [0.29, 0.717) is 31.5 Å². The monoisotopic (exact) mass is 720 g/mol. The Morgan fingerprint density at radius 3 is 1.48 bits per heavy atom. The summed E-state index contributed by atoms with van der Waals surface area (Å²) in [4.78, 5) is 8.98. The summed E-state index contributed by atoms with van der Waals surface area (Å²) in [5.41, 5.74) is 1.15. The van der Waals surface area contributed by atoms with Crippen molar-refractivity contribution in [1.82, 2.24) is 29.5 Å². The van der Waals surface area contributed by atoms with Gasteiger partial charge in [0, 0.05) is 21.2 Å². The van der Waals surface area contributed by atoms with Crippen LogP contribution in [0.15, 0.2) is 120 Å². The lowest BCUT2D eigenvalue weighted by molar-refractivity contribution is 0.255. The predicted molar refractivity (Wildman–Crippen MR) is 178 cm³/mol. The smallest absolute Gasteiger partial charge is 0.197 e. The second-order valence-corrected chi connectivity index (χ2v) is 14.3. The van der Waals surface area contributed by atoms with E-state index in [1.165, 1.54) is 58.5 Å². The van der Waals surface area contributed by atoms with E-state index in [1.54, 1.807) is 33.6 Å². The van der Waals surface area contributed by atoms with E-state index < -0.39 is 23.4 Å². The van der Waals surface area contributed by atoms with Crippen molar-refractivity contribution in [2.24, 2.45) is 0 Å². The van der Waals surface area contributed by atoms with Gasteiger partial charge >= 0.3 is 0 Å². The van der Waals surface area contributed by atoms with Gasteiger partial charge in [-0.3, -0.25) is 0 Å². The number of rotatable bonds is 11. The van der Waals surface area contributed by atoms with E-state index >= 15 is 0 Å². The van der Waals surface area contributed by atoms with Crippen LogP contribution in [0, 0.1) is 11.6 Å². The van der Waals surface area contributed by atoms with E-state index in [-0.39, 0.29) is 24.7 Å². The summed E-state index contributed by atoms with van der Waals surface area (Å²) in [7, 11) is 2.68. The first-order chi connectivity index (χ1) is 23.4. The fourth-order valence-electron chi connectivity index (χ4n) is 6.10. The lowest BCUT2D eigenvalue weighted by Gasteiger charge is -2.16. The number of nitrogens with zero attached hydrogens (tertiary/aromatic N) is 6. The summed E-state index contributed by atoms with van der Waals surface area (Å²) >= 11 is 13.1. The molecule has 0 spiro atoms. The van der Waals surface area contributed by atoms with Gasteiger partial charge in [-0.15, -0.1) is 0 Å². The molecule has 2 fully saturated rings. The summed E-state index contributed by atoms with van der Waals surface area (Å²) in [6.07, 6.45) is 2.11. The van der Waals surface area contributed by atoms with Crippen LogP contribution in [0.1, 0.15) is 34.5 Å². The van der Waals surface area contributed by atoms with Crippen LogP contribution in [-0.2, 0) is 33.8 Å². The Morgan fingerprint density at radius 2 is 1.06 bits per heavy atom. The van der Waals surface area contributed by atoms with Crippen LogP contribution >= 0.6 is 44.8 Å². The molecule has 2 saturated heterocycles. The van der Waals surface area contributed by atoms with Crippen molar-refractivity contribution in [2.45, 2.75) is 46.8 Å². The highest BCUT2D eigenvalue weighted by atomic mass is 35.5. The predicted octanol–water partition coefficient (Wildman–Crippen LogP) is 8.59. The van der Waals surface area contributed by atoms with Crippen LogP contribution in [0.4, 0.5) is 8.78 Å². The second kappa shape index (κ2) is 12.6. The van der Waals surface area contributed by atoms with Gasteiger partial charge in [-0.05, 0) is 69.1 Å². The molecule has 2 aliphatic rings. The molecule has 242 valence electrons. The molecule has 14 heteroatoms. The highest BCUT2D eigenvalue weighted by Crippen LogP contribution is 2.61. The molecule has 0 bridgehead atoms. The molecule has 0 N–H and O–H groups in total. The maximum Gasteiger partial charge on any atom is 0.197 e. The van der Waals surface area contributed by atoms with Crippen molar-refractivity contribution in [3.8, 4) is 0 Å². The number of benzene rings is 4. The fourth-order valence-corrected chi connectivity index (χ4v) is 8.51. The molecule has 0 radical (unpaired) electrons. The average molecular weight is 722 g/mol. The van der Waals surface area contributed by atoms with Crippen LogP contribution in [0.3, 0.4) is 0 Å². The largest absolute Gasteiger partial charge is 0.354 e. The molecule has 0 amide bonds. The molecule has 2 aliphatic heterocycles. The standard InChI is InChI=1S/C34H24Cl2F2N6O2S2/c35-27-13-3-1-11-25(27)29-33(45-29,21-7-5-9-23(37)15-21)17-43-31(39-19-41-43)47-48-32-40-20-42-44(32)18-34(22-8-6-10-24(38)16-22)30(46-34)26-12-2-4-14-28(26)36/h1-16,19-20,29-30H,17-18H2/t29-,30-,33-,34-/m1/s1. The van der Waals surface area contributed by atoms with E-state index in [4.69, 9.17) is 32.7 Å². The van der Waals surface area contributed by atoms with Gasteiger partial charge < -0.3 is 9.47 Å². The number of hydrogen-bond acceptors (Lipinski definition) is 8. The van der Waals surface area contributed by atoms with Gasteiger partial charge in [0.05, 0.1) is 13.1 Å². The van der Waals surface area contributed by atoms with Gasteiger partial charge in [0.2, 0.25) is 0 Å². The molecule has 8 nitrogen and oxygen atoms in total. The van der Waals surface area contributed by atoms with Crippen molar-refractivity contribution in [3.63, 3.8) is 0 Å². The Hall–Kier alpha value is -3.78. The first kappa shape index (κ1) is 31.5. The van der Waals surface area contributed by atoms with Crippen LogP contribution in [0.5, 0.6) is 0 Å². The maximum absolute atomic E-state index is 14.4. The summed E-state index contributed by atoms with van der Waals surface area (Å²) in [6, 6.07) is 27.7. The van der Waals surface area contributed by atoms with Gasteiger partial charge in [-0.1, -0.05) is 83.9 Å². The highest BCUT2D eigenvalue weighted by Gasteiger charge is 2.61. The number of hydrogen-bond donors (Lipinski definition) is 0. The summed E-state index contributed by atoms with van der Waals surface area (Å²) in [6.45, 7) is 0.524. The minimum Gasteiger partial charge on any atom is -0.354 e. The van der Waals surface area contributed by atoms with Crippen molar-refractivity contribution < 1.29 is 18.3 Å². The molecule has 2 aromatic heterocycles. The molecular formula is C34H24Cl2F2N6O2S2. The molecule has 0 unspecified atom stereocenters. The zero-order valence-corrected chi connectivity index (χ0v) is 27.9. The van der Waals surface area contributed by atoms with Gasteiger partial charge in [0.15, 0.2) is 10.3 Å². The molecule has 4 heterocycles. The molecule has 48 heavy (non-hydrogen) atoms. The third-order valence-electron chi connectivity index (χ3n) is 8.51. The third kappa shape index (κ3) is 5.80. The molecule has 8 rings (SSSR count). The van der Waals surface area contributed by atoms with Gasteiger partial charge in [0.25, 0.3) is 0 Å². The van der Waals surface area contributed by atoms with E-state index in [2.05, 4.69) is 20.2 Å². The Balaban J connectivity index is 1.04. The van der Waals surface area contributed by atoms with E-state index in [0.717, 1.165) is 11.1 Å². The third-order valence-corrected chi connectivity index (χ3v) is 11.4. The minimum atomic E-state index is -0.908. The van der Waals surface area contributed by atoms with Gasteiger partial charge in [-0.2, -0.15) is 10.2 Å². The highest BCUT2D eigenvalue weighted by molar-refractivity contribution is 8.76. The lowest BCUT2D eigenvalue weighted by atomic mass is 9.91. The maximum atomic E-state index is 14.4. The number of aromatic nitrogens is 6. The van der Waals surface area contributed by atoms with E-state index in [9.17, 15) is 8.78 Å². The molecular weight excluding hydrogens is 697 g/mol. The average Bonchev–Trinajstić information content (AvgIpc) is 3.86. The lowest BCUT2D eigenvalue weighted by Crippen LogP contribution is -2.21. The molecule has 4 atom stereocenters. The summed E-state index contributed by atoms with van der Waals surface area (Å²) in [5.74, 6) is -0.730. The Labute approximate surface area is 291 Å². The first-order valence-corrected chi connectivity index (χ1v) is 17.7. The Morgan fingerprint density at radius 1 is 0.625 bits per heavy atom. The number of epoxide rings is 2. The molecule has 0 aliphatic carbocycles. The summed E-state index contributed by atoms with van der Waals surface area (Å²) < 4.78 is 45.0. The molecule has 6 aromatic rings. The number of ether oxygens (including phenoxy) is 2. The van der Waals surface area contributed by atoms with Crippen molar-refractivity contribution >= 4 is 44.8 Å². The zero-order chi connectivity index (χ0) is 32.9. The van der Waals surface area contributed by atoms with Crippen LogP contribution in [0.25, 0.3) is 0 Å². The fraction of sp³-hybridized carbons (Fsp3) is 0.176. The van der Waals surface area contributed by atoms with Gasteiger partial charge in [-0.25, -0.2) is 28.1 Å². The normalized spacial score (nSPS) is 22.9. The first-order valence-electron chi connectivity index (χ1n) is 14.8. The van der Waals surface area contributed by atoms with Crippen molar-refractivity contribution in [3.05, 3.63) is 154 Å². The van der Waals surface area contributed by atoms with Crippen molar-refractivity contribution in [2.75, 3.05) is 0 Å².